The Morgan fingerprint density at radius 3 is 2.71 bits per heavy atom. The van der Waals surface area contributed by atoms with Crippen molar-refractivity contribution in [1.82, 2.24) is 0 Å². The molecule has 3 heteroatoms. The molecule has 1 heterocycles. The van der Waals surface area contributed by atoms with Gasteiger partial charge in [0.05, 0.1) is 11.5 Å². The molecule has 0 bridgehead atoms. The zero-order chi connectivity index (χ0) is 15.6. The van der Waals surface area contributed by atoms with Crippen molar-refractivity contribution in [3.8, 4) is 11.8 Å². The highest BCUT2D eigenvalue weighted by molar-refractivity contribution is 7.12. The Labute approximate surface area is 133 Å². The van der Waals surface area contributed by atoms with Gasteiger partial charge >= 0.3 is 0 Å². The van der Waals surface area contributed by atoms with Crippen molar-refractivity contribution in [1.29, 1.82) is 0 Å². The first-order chi connectivity index (χ1) is 10.1. The number of rotatable bonds is 9. The first kappa shape index (κ1) is 18.2. The van der Waals surface area contributed by atoms with Gasteiger partial charge in [-0.15, -0.1) is 11.3 Å². The molecule has 0 saturated heterocycles. The molecule has 0 aliphatic heterocycles. The first-order valence-corrected chi connectivity index (χ1v) is 8.92. The van der Waals surface area contributed by atoms with Crippen LogP contribution < -0.4 is 5.73 Å². The Morgan fingerprint density at radius 1 is 1.24 bits per heavy atom. The van der Waals surface area contributed by atoms with Gasteiger partial charge in [0.25, 0.3) is 0 Å². The number of nitrogens with two attached hydrogens (primary N) is 1. The number of hydrogen-bond acceptors (Lipinski definition) is 3. The average Bonchev–Trinajstić information content (AvgIpc) is 2.96. The van der Waals surface area contributed by atoms with Crippen LogP contribution in [0.3, 0.4) is 0 Å². The van der Waals surface area contributed by atoms with Crippen LogP contribution >= 0.6 is 11.3 Å². The van der Waals surface area contributed by atoms with Crippen molar-refractivity contribution < 1.29 is 5.11 Å². The quantitative estimate of drug-likeness (QED) is 0.533. The third kappa shape index (κ3) is 7.13. The fourth-order valence-electron chi connectivity index (χ4n) is 2.11. The standard InChI is InChI=1S/C18H29NOS/c1-3-5-6-7-8-9-10-16-11-12-17(21-16)13-14-18(19,4-2)15-20/h11-12,20H,3-8,13-15,19H2,1-2H3. The van der Waals surface area contributed by atoms with Gasteiger partial charge in [0.1, 0.15) is 0 Å². The van der Waals surface area contributed by atoms with Crippen molar-refractivity contribution >= 4 is 11.3 Å². The Morgan fingerprint density at radius 2 is 2.05 bits per heavy atom. The topological polar surface area (TPSA) is 46.2 Å². The molecule has 3 N–H and O–H groups in total. The normalized spacial score (nSPS) is 13.5. The molecule has 1 aromatic heterocycles. The summed E-state index contributed by atoms with van der Waals surface area (Å²) in [6.07, 6.45) is 8.64. The van der Waals surface area contributed by atoms with Crippen LogP contribution in [0, 0.1) is 11.8 Å². The van der Waals surface area contributed by atoms with Crippen molar-refractivity contribution in [3.05, 3.63) is 21.9 Å². The summed E-state index contributed by atoms with van der Waals surface area (Å²) in [5.74, 6) is 6.52. The second kappa shape index (κ2) is 10.00. The van der Waals surface area contributed by atoms with E-state index < -0.39 is 5.54 Å². The van der Waals surface area contributed by atoms with Gasteiger partial charge in [-0.25, -0.2) is 0 Å². The van der Waals surface area contributed by atoms with E-state index in [0.717, 1.165) is 30.6 Å². The molecule has 118 valence electrons. The van der Waals surface area contributed by atoms with Crippen molar-refractivity contribution in [2.45, 2.75) is 70.8 Å². The van der Waals surface area contributed by atoms with Gasteiger partial charge in [-0.3, -0.25) is 0 Å². The number of aliphatic hydroxyl groups excluding tert-OH is 1. The highest BCUT2D eigenvalue weighted by Crippen LogP contribution is 2.21. The van der Waals surface area contributed by atoms with E-state index in [1.807, 2.05) is 6.92 Å². The van der Waals surface area contributed by atoms with Crippen LogP contribution in [0.1, 0.15) is 68.5 Å². The third-order valence-electron chi connectivity index (χ3n) is 3.92. The number of aliphatic hydroxyl groups is 1. The summed E-state index contributed by atoms with van der Waals surface area (Å²) in [4.78, 5) is 2.45. The van der Waals surface area contributed by atoms with Crippen LogP contribution in [0.2, 0.25) is 0 Å². The average molecular weight is 308 g/mol. The van der Waals surface area contributed by atoms with Gasteiger partial charge in [0, 0.05) is 16.8 Å². The monoisotopic (exact) mass is 307 g/mol. The van der Waals surface area contributed by atoms with E-state index in [-0.39, 0.29) is 6.61 Å². The summed E-state index contributed by atoms with van der Waals surface area (Å²) in [5.41, 5.74) is 5.68. The molecule has 0 saturated carbocycles. The number of unbranched alkanes of at least 4 members (excludes halogenated alkanes) is 4. The van der Waals surface area contributed by atoms with E-state index in [1.165, 1.54) is 30.6 Å². The predicted octanol–water partition coefficient (Wildman–Crippen LogP) is 4.10. The molecule has 2 nitrogen and oxygen atoms in total. The Balaban J connectivity index is 2.38. The van der Waals surface area contributed by atoms with Gasteiger partial charge in [-0.05, 0) is 37.8 Å². The molecular formula is C18H29NOS. The fourth-order valence-corrected chi connectivity index (χ4v) is 2.99. The smallest absolute Gasteiger partial charge is 0.0771 e. The summed E-state index contributed by atoms with van der Waals surface area (Å²) in [6.45, 7) is 4.31. The maximum atomic E-state index is 9.33. The number of hydrogen-bond donors (Lipinski definition) is 2. The van der Waals surface area contributed by atoms with Crippen molar-refractivity contribution in [2.75, 3.05) is 6.61 Å². The fraction of sp³-hybridized carbons (Fsp3) is 0.667. The molecule has 0 aliphatic rings. The van der Waals surface area contributed by atoms with E-state index in [9.17, 15) is 5.11 Å². The van der Waals surface area contributed by atoms with Gasteiger partial charge in [-0.1, -0.05) is 45.0 Å². The van der Waals surface area contributed by atoms with E-state index in [4.69, 9.17) is 5.73 Å². The van der Waals surface area contributed by atoms with E-state index >= 15 is 0 Å². The van der Waals surface area contributed by atoms with Crippen LogP contribution in [0.4, 0.5) is 0 Å². The molecule has 1 aromatic rings. The maximum absolute atomic E-state index is 9.33. The molecule has 0 amide bonds. The van der Waals surface area contributed by atoms with E-state index in [2.05, 4.69) is 30.9 Å². The van der Waals surface area contributed by atoms with Crippen LogP contribution in [0.5, 0.6) is 0 Å². The lowest BCUT2D eigenvalue weighted by molar-refractivity contribution is 0.183. The van der Waals surface area contributed by atoms with E-state index in [1.54, 1.807) is 11.3 Å². The van der Waals surface area contributed by atoms with Gasteiger partial charge in [-0.2, -0.15) is 0 Å². The lowest BCUT2D eigenvalue weighted by atomic mass is 9.92. The molecule has 0 radical (unpaired) electrons. The Hall–Kier alpha value is -0.820. The summed E-state index contributed by atoms with van der Waals surface area (Å²) in [5, 5.41) is 9.33. The number of thiophene rings is 1. The summed E-state index contributed by atoms with van der Waals surface area (Å²) in [7, 11) is 0. The zero-order valence-corrected chi connectivity index (χ0v) is 14.3. The summed E-state index contributed by atoms with van der Waals surface area (Å²) in [6, 6.07) is 4.24. The highest BCUT2D eigenvalue weighted by atomic mass is 32.1. The second-order valence-corrected chi connectivity index (χ2v) is 6.92. The SMILES string of the molecule is CCCCCCC#Cc1ccc(CCC(N)(CC)CO)s1. The van der Waals surface area contributed by atoms with Crippen molar-refractivity contribution in [2.24, 2.45) is 5.73 Å². The Kier molecular flexibility index (Phi) is 8.68. The lowest BCUT2D eigenvalue weighted by Crippen LogP contribution is -2.43. The van der Waals surface area contributed by atoms with Gasteiger partial charge in [0.2, 0.25) is 0 Å². The summed E-state index contributed by atoms with van der Waals surface area (Å²) >= 11 is 1.75. The molecule has 1 atom stereocenters. The summed E-state index contributed by atoms with van der Waals surface area (Å²) < 4.78 is 0. The van der Waals surface area contributed by atoms with E-state index in [0.29, 0.717) is 0 Å². The predicted molar refractivity (Wildman–Crippen MR) is 92.6 cm³/mol. The molecular weight excluding hydrogens is 278 g/mol. The minimum Gasteiger partial charge on any atom is -0.394 e. The minimum atomic E-state index is -0.435. The third-order valence-corrected chi connectivity index (χ3v) is 4.98. The maximum Gasteiger partial charge on any atom is 0.0771 e. The first-order valence-electron chi connectivity index (χ1n) is 8.11. The lowest BCUT2D eigenvalue weighted by Gasteiger charge is -2.25. The Bertz CT molecular complexity index is 451. The van der Waals surface area contributed by atoms with Crippen LogP contribution in [-0.2, 0) is 6.42 Å². The molecule has 1 unspecified atom stereocenters. The largest absolute Gasteiger partial charge is 0.394 e. The zero-order valence-electron chi connectivity index (χ0n) is 13.5. The molecule has 0 fully saturated rings. The van der Waals surface area contributed by atoms with Crippen LogP contribution in [-0.4, -0.2) is 17.3 Å². The second-order valence-electron chi connectivity index (χ2n) is 5.75. The molecule has 0 aromatic carbocycles. The van der Waals surface area contributed by atoms with Crippen LogP contribution in [0.25, 0.3) is 0 Å². The number of aryl methyl sites for hydroxylation is 1. The molecule has 1 rings (SSSR count). The van der Waals surface area contributed by atoms with Crippen LogP contribution in [0.15, 0.2) is 12.1 Å². The van der Waals surface area contributed by atoms with Crippen molar-refractivity contribution in [3.63, 3.8) is 0 Å². The molecule has 0 spiro atoms. The minimum absolute atomic E-state index is 0.0549. The van der Waals surface area contributed by atoms with Gasteiger partial charge in [0.15, 0.2) is 0 Å². The molecule has 0 aliphatic carbocycles. The molecule has 21 heavy (non-hydrogen) atoms. The highest BCUT2D eigenvalue weighted by Gasteiger charge is 2.21. The van der Waals surface area contributed by atoms with Gasteiger partial charge < -0.3 is 10.8 Å².